The molecule has 22 heavy (non-hydrogen) atoms. The number of aromatic carboxylic acids is 1. The number of hydrogen-bond acceptors (Lipinski definition) is 3. The molecule has 0 spiro atoms. The molecule has 3 N–H and O–H groups in total. The average molecular weight is 301 g/mol. The highest BCUT2D eigenvalue weighted by Gasteiger charge is 2.51. The van der Waals surface area contributed by atoms with Crippen LogP contribution in [0.2, 0.25) is 0 Å². The Kier molecular flexibility index (Phi) is 3.44. The molecule has 1 saturated carbocycles. The van der Waals surface area contributed by atoms with E-state index in [1.807, 2.05) is 12.2 Å². The van der Waals surface area contributed by atoms with Crippen molar-refractivity contribution in [2.75, 3.05) is 5.32 Å². The lowest BCUT2D eigenvalue weighted by Gasteiger charge is -2.23. The molecule has 0 aliphatic heterocycles. The molecule has 4 atom stereocenters. The van der Waals surface area contributed by atoms with Crippen LogP contribution in [0.3, 0.4) is 0 Å². The second-order valence-corrected chi connectivity index (χ2v) is 5.71. The van der Waals surface area contributed by atoms with Crippen LogP contribution in [0.5, 0.6) is 0 Å². The van der Waals surface area contributed by atoms with Crippen LogP contribution in [0.15, 0.2) is 36.4 Å². The third-order valence-corrected chi connectivity index (χ3v) is 4.42. The van der Waals surface area contributed by atoms with E-state index in [-0.39, 0.29) is 23.3 Å². The predicted octanol–water partition coefficient (Wildman–Crippen LogP) is 1.85. The van der Waals surface area contributed by atoms with E-state index in [2.05, 4.69) is 5.32 Å². The molecule has 0 radical (unpaired) electrons. The fourth-order valence-corrected chi connectivity index (χ4v) is 3.47. The first-order valence-electron chi connectivity index (χ1n) is 7.02. The van der Waals surface area contributed by atoms with Gasteiger partial charge < -0.3 is 15.5 Å². The predicted molar refractivity (Wildman–Crippen MR) is 77.4 cm³/mol. The van der Waals surface area contributed by atoms with Crippen molar-refractivity contribution in [2.24, 2.45) is 23.7 Å². The number of aliphatic carboxylic acids is 1. The molecule has 2 bridgehead atoms. The number of hydrogen-bond donors (Lipinski definition) is 3. The number of amides is 1. The zero-order valence-corrected chi connectivity index (χ0v) is 11.6. The molecule has 1 amide bonds. The molecule has 1 aromatic carbocycles. The third-order valence-electron chi connectivity index (χ3n) is 4.42. The maximum absolute atomic E-state index is 12.4. The fourth-order valence-electron chi connectivity index (χ4n) is 3.47. The standard InChI is InChI=1S/C16H15NO5/c18-14(17-11-3-1-2-10(7-11)15(19)20)12-8-4-5-9(6-8)13(12)16(21)22/h1-5,7-9,12-13H,6H2,(H,17,18)(H,19,20)(H,21,22)/t8-,9-,12-,13-/m0/s1. The Morgan fingerprint density at radius 2 is 1.73 bits per heavy atom. The molecule has 6 heteroatoms. The van der Waals surface area contributed by atoms with E-state index in [1.165, 1.54) is 18.2 Å². The van der Waals surface area contributed by atoms with Crippen LogP contribution in [0.25, 0.3) is 0 Å². The van der Waals surface area contributed by atoms with E-state index in [0.29, 0.717) is 12.1 Å². The summed E-state index contributed by atoms with van der Waals surface area (Å²) in [6.07, 6.45) is 4.46. The Morgan fingerprint density at radius 3 is 2.36 bits per heavy atom. The molecule has 1 fully saturated rings. The van der Waals surface area contributed by atoms with Gasteiger partial charge in [0.2, 0.25) is 5.91 Å². The number of fused-ring (bicyclic) bond motifs is 2. The van der Waals surface area contributed by atoms with Crippen LogP contribution in [-0.4, -0.2) is 28.1 Å². The summed E-state index contributed by atoms with van der Waals surface area (Å²) in [5.41, 5.74) is 0.432. The van der Waals surface area contributed by atoms with Crippen LogP contribution in [-0.2, 0) is 9.59 Å². The number of nitrogens with one attached hydrogen (secondary N) is 1. The maximum Gasteiger partial charge on any atom is 0.335 e. The number of benzene rings is 1. The molecule has 0 aromatic heterocycles. The second kappa shape index (κ2) is 5.29. The lowest BCUT2D eigenvalue weighted by atomic mass is 9.82. The number of carbonyl (C=O) groups excluding carboxylic acids is 1. The van der Waals surface area contributed by atoms with E-state index in [9.17, 15) is 19.5 Å². The number of anilines is 1. The summed E-state index contributed by atoms with van der Waals surface area (Å²) >= 11 is 0. The summed E-state index contributed by atoms with van der Waals surface area (Å²) in [6, 6.07) is 5.91. The molecule has 2 aliphatic carbocycles. The van der Waals surface area contributed by atoms with Gasteiger partial charge in [0.05, 0.1) is 17.4 Å². The highest BCUT2D eigenvalue weighted by Crippen LogP contribution is 2.48. The zero-order valence-electron chi connectivity index (χ0n) is 11.6. The van der Waals surface area contributed by atoms with Gasteiger partial charge in [0, 0.05) is 5.69 Å². The van der Waals surface area contributed by atoms with Crippen molar-refractivity contribution in [3.63, 3.8) is 0 Å². The van der Waals surface area contributed by atoms with Gasteiger partial charge in [-0.25, -0.2) is 4.79 Å². The van der Waals surface area contributed by atoms with Gasteiger partial charge in [0.1, 0.15) is 0 Å². The van der Waals surface area contributed by atoms with Crippen LogP contribution >= 0.6 is 0 Å². The maximum atomic E-state index is 12.4. The van der Waals surface area contributed by atoms with Gasteiger partial charge in [-0.05, 0) is 36.5 Å². The summed E-state index contributed by atoms with van der Waals surface area (Å²) < 4.78 is 0. The molecular weight excluding hydrogens is 286 g/mol. The van der Waals surface area contributed by atoms with Crippen LogP contribution in [0.4, 0.5) is 5.69 Å². The molecule has 0 unspecified atom stereocenters. The SMILES string of the molecule is O=C(O)c1cccc(NC(=O)[C@@H]2[C@@H](C(=O)O)[C@H]3C=C[C@H]2C3)c1. The van der Waals surface area contributed by atoms with Crippen molar-refractivity contribution in [3.8, 4) is 0 Å². The first kappa shape index (κ1) is 14.3. The van der Waals surface area contributed by atoms with E-state index >= 15 is 0 Å². The zero-order chi connectivity index (χ0) is 15.9. The summed E-state index contributed by atoms with van der Waals surface area (Å²) in [7, 11) is 0. The van der Waals surface area contributed by atoms with Gasteiger partial charge >= 0.3 is 11.9 Å². The Labute approximate surface area is 126 Å². The van der Waals surface area contributed by atoms with Crippen molar-refractivity contribution in [1.29, 1.82) is 0 Å². The lowest BCUT2D eigenvalue weighted by molar-refractivity contribution is -0.146. The molecular formula is C16H15NO5. The minimum Gasteiger partial charge on any atom is -0.481 e. The lowest BCUT2D eigenvalue weighted by Crippen LogP contribution is -2.36. The number of rotatable bonds is 4. The van der Waals surface area contributed by atoms with Crippen LogP contribution < -0.4 is 5.32 Å². The highest BCUT2D eigenvalue weighted by molar-refractivity contribution is 5.97. The van der Waals surface area contributed by atoms with E-state index in [4.69, 9.17) is 5.11 Å². The van der Waals surface area contributed by atoms with Crippen molar-refractivity contribution < 1.29 is 24.6 Å². The van der Waals surface area contributed by atoms with Crippen molar-refractivity contribution in [1.82, 2.24) is 0 Å². The van der Waals surface area contributed by atoms with Gasteiger partial charge in [-0.3, -0.25) is 9.59 Å². The normalized spacial score (nSPS) is 28.5. The molecule has 3 rings (SSSR count). The number of allylic oxidation sites excluding steroid dienone is 2. The van der Waals surface area contributed by atoms with E-state index in [1.54, 1.807) is 6.07 Å². The minimum absolute atomic E-state index is 0.0613. The number of carboxylic acids is 2. The largest absolute Gasteiger partial charge is 0.481 e. The van der Waals surface area contributed by atoms with Gasteiger partial charge in [0.15, 0.2) is 0 Å². The molecule has 0 saturated heterocycles. The van der Waals surface area contributed by atoms with Gasteiger partial charge in [-0.15, -0.1) is 0 Å². The van der Waals surface area contributed by atoms with E-state index in [0.717, 1.165) is 0 Å². The molecule has 0 heterocycles. The quantitative estimate of drug-likeness (QED) is 0.736. The summed E-state index contributed by atoms with van der Waals surface area (Å²) in [5.74, 6) is -3.89. The smallest absolute Gasteiger partial charge is 0.335 e. The van der Waals surface area contributed by atoms with Crippen molar-refractivity contribution in [2.45, 2.75) is 6.42 Å². The monoisotopic (exact) mass is 301 g/mol. The first-order chi connectivity index (χ1) is 10.5. The summed E-state index contributed by atoms with van der Waals surface area (Å²) in [4.78, 5) is 34.8. The summed E-state index contributed by atoms with van der Waals surface area (Å²) in [5, 5.41) is 21.0. The average Bonchev–Trinajstić information content (AvgIpc) is 3.07. The van der Waals surface area contributed by atoms with Crippen LogP contribution in [0, 0.1) is 23.7 Å². The Morgan fingerprint density at radius 1 is 1.05 bits per heavy atom. The first-order valence-corrected chi connectivity index (χ1v) is 7.02. The topological polar surface area (TPSA) is 104 Å². The molecule has 114 valence electrons. The van der Waals surface area contributed by atoms with E-state index < -0.39 is 23.8 Å². The molecule has 6 nitrogen and oxygen atoms in total. The Hall–Kier alpha value is -2.63. The number of carboxylic acid groups (broad SMARTS) is 2. The minimum atomic E-state index is -1.08. The van der Waals surface area contributed by atoms with Crippen molar-refractivity contribution in [3.05, 3.63) is 42.0 Å². The van der Waals surface area contributed by atoms with Gasteiger partial charge in [-0.1, -0.05) is 18.2 Å². The highest BCUT2D eigenvalue weighted by atomic mass is 16.4. The van der Waals surface area contributed by atoms with Gasteiger partial charge in [-0.2, -0.15) is 0 Å². The third kappa shape index (κ3) is 2.36. The fraction of sp³-hybridized carbons (Fsp3) is 0.312. The second-order valence-electron chi connectivity index (χ2n) is 5.71. The Bertz CT molecular complexity index is 681. The molecule has 2 aliphatic rings. The number of carbonyl (C=O) groups is 3. The van der Waals surface area contributed by atoms with Crippen LogP contribution in [0.1, 0.15) is 16.8 Å². The molecule has 1 aromatic rings. The summed E-state index contributed by atoms with van der Waals surface area (Å²) in [6.45, 7) is 0. The van der Waals surface area contributed by atoms with Crippen molar-refractivity contribution >= 4 is 23.5 Å². The van der Waals surface area contributed by atoms with Gasteiger partial charge in [0.25, 0.3) is 0 Å². The Balaban J connectivity index is 1.80.